The molecule has 20 heavy (non-hydrogen) atoms. The highest BCUT2D eigenvalue weighted by Crippen LogP contribution is 2.26. The number of nitrogens with zero attached hydrogens (tertiary/aromatic N) is 3. The lowest BCUT2D eigenvalue weighted by Crippen LogP contribution is -2.31. The monoisotopic (exact) mass is 310 g/mol. The van der Waals surface area contributed by atoms with Gasteiger partial charge in [-0.25, -0.2) is 4.98 Å². The first-order valence-electron chi connectivity index (χ1n) is 6.15. The van der Waals surface area contributed by atoms with Gasteiger partial charge in [0, 0.05) is 37.1 Å². The Kier molecular flexibility index (Phi) is 4.69. The molecule has 0 radical (unpaired) electrons. The third-order valence-corrected chi connectivity index (χ3v) is 4.19. The van der Waals surface area contributed by atoms with Crippen LogP contribution in [-0.2, 0) is 0 Å². The second kappa shape index (κ2) is 6.30. The molecule has 3 rings (SSSR count). The van der Waals surface area contributed by atoms with Gasteiger partial charge in [-0.3, -0.25) is 9.78 Å². The average molecular weight is 311 g/mol. The Labute approximate surface area is 127 Å². The van der Waals surface area contributed by atoms with Crippen LogP contribution in [0.5, 0.6) is 0 Å². The summed E-state index contributed by atoms with van der Waals surface area (Å²) in [6.07, 6.45) is 5.96. The van der Waals surface area contributed by atoms with Gasteiger partial charge in [0.25, 0.3) is 5.91 Å². The number of carbonyl (C=O) groups is 1. The fraction of sp³-hybridized carbons (Fsp3) is 0.308. The lowest BCUT2D eigenvalue weighted by molar-refractivity contribution is 0.0795. The molecule has 2 aromatic rings. The molecule has 0 aromatic carbocycles. The van der Waals surface area contributed by atoms with Crippen LogP contribution in [0.25, 0.3) is 10.6 Å². The SMILES string of the molecule is Cl.N[C@@H]1CCN(C(=O)c2cnc(-c3ccncc3)s2)C1. The number of hydrogen-bond donors (Lipinski definition) is 1. The molecule has 0 spiro atoms. The molecule has 0 bridgehead atoms. The van der Waals surface area contributed by atoms with E-state index in [-0.39, 0.29) is 24.4 Å². The predicted octanol–water partition coefficient (Wildman–Crippen LogP) is 1.80. The number of hydrogen-bond acceptors (Lipinski definition) is 5. The Morgan fingerprint density at radius 3 is 2.80 bits per heavy atom. The topological polar surface area (TPSA) is 72.1 Å². The van der Waals surface area contributed by atoms with Gasteiger partial charge in [0.05, 0.1) is 6.20 Å². The molecule has 3 heterocycles. The summed E-state index contributed by atoms with van der Waals surface area (Å²) in [6, 6.07) is 3.88. The Hall–Kier alpha value is -1.50. The molecule has 0 saturated carbocycles. The van der Waals surface area contributed by atoms with E-state index < -0.39 is 0 Å². The maximum Gasteiger partial charge on any atom is 0.265 e. The number of pyridine rings is 1. The van der Waals surface area contributed by atoms with Gasteiger partial charge in [-0.1, -0.05) is 0 Å². The van der Waals surface area contributed by atoms with Crippen molar-refractivity contribution in [3.8, 4) is 10.6 Å². The lowest BCUT2D eigenvalue weighted by Gasteiger charge is -2.13. The van der Waals surface area contributed by atoms with Crippen molar-refractivity contribution in [1.29, 1.82) is 0 Å². The van der Waals surface area contributed by atoms with E-state index >= 15 is 0 Å². The van der Waals surface area contributed by atoms with E-state index in [0.29, 0.717) is 11.4 Å². The quantitative estimate of drug-likeness (QED) is 0.918. The summed E-state index contributed by atoms with van der Waals surface area (Å²) < 4.78 is 0. The highest BCUT2D eigenvalue weighted by Gasteiger charge is 2.25. The third kappa shape index (κ3) is 2.98. The number of halogens is 1. The Bertz CT molecular complexity index is 589. The van der Waals surface area contributed by atoms with Crippen molar-refractivity contribution in [2.45, 2.75) is 12.5 Å². The molecule has 1 fully saturated rings. The molecule has 1 aliphatic heterocycles. The van der Waals surface area contributed by atoms with Gasteiger partial charge in [0.1, 0.15) is 9.88 Å². The van der Waals surface area contributed by atoms with Gasteiger partial charge in [0.15, 0.2) is 0 Å². The first-order chi connectivity index (χ1) is 9.24. The van der Waals surface area contributed by atoms with E-state index in [0.717, 1.165) is 23.5 Å². The largest absolute Gasteiger partial charge is 0.336 e. The van der Waals surface area contributed by atoms with Gasteiger partial charge >= 0.3 is 0 Å². The smallest absolute Gasteiger partial charge is 0.265 e. The van der Waals surface area contributed by atoms with Crippen LogP contribution in [-0.4, -0.2) is 39.9 Å². The Balaban J connectivity index is 0.00000147. The summed E-state index contributed by atoms with van der Waals surface area (Å²) in [4.78, 5) is 23.0. The summed E-state index contributed by atoms with van der Waals surface area (Å²) in [6.45, 7) is 1.38. The molecule has 1 atom stereocenters. The first-order valence-corrected chi connectivity index (χ1v) is 6.97. The van der Waals surface area contributed by atoms with Gasteiger partial charge in [-0.2, -0.15) is 0 Å². The zero-order valence-corrected chi connectivity index (χ0v) is 12.4. The summed E-state index contributed by atoms with van der Waals surface area (Å²) in [5.41, 5.74) is 6.81. The van der Waals surface area contributed by atoms with Gasteiger partial charge in [-0.15, -0.1) is 23.7 Å². The van der Waals surface area contributed by atoms with E-state index in [2.05, 4.69) is 9.97 Å². The number of thiazole rings is 1. The van der Waals surface area contributed by atoms with E-state index in [1.165, 1.54) is 11.3 Å². The van der Waals surface area contributed by atoms with Crippen molar-refractivity contribution in [3.63, 3.8) is 0 Å². The standard InChI is InChI=1S/C13H14N4OS.ClH/c14-10-3-6-17(8-10)13(18)11-7-16-12(19-11)9-1-4-15-5-2-9;/h1-2,4-5,7,10H,3,6,8,14H2;1H/t10-;/m1./s1. The fourth-order valence-corrected chi connectivity index (χ4v) is 3.02. The van der Waals surface area contributed by atoms with Gasteiger partial charge < -0.3 is 10.6 Å². The number of aromatic nitrogens is 2. The van der Waals surface area contributed by atoms with Crippen molar-refractivity contribution < 1.29 is 4.79 Å². The molecule has 1 saturated heterocycles. The molecule has 2 aromatic heterocycles. The summed E-state index contributed by atoms with van der Waals surface area (Å²) in [5, 5.41) is 0.842. The first kappa shape index (κ1) is 14.9. The maximum absolute atomic E-state index is 12.3. The molecule has 0 aliphatic carbocycles. The highest BCUT2D eigenvalue weighted by molar-refractivity contribution is 7.16. The van der Waals surface area contributed by atoms with Gasteiger partial charge in [-0.05, 0) is 18.6 Å². The minimum absolute atomic E-state index is 0. The van der Waals surface area contributed by atoms with Crippen LogP contribution >= 0.6 is 23.7 Å². The number of nitrogens with two attached hydrogens (primary N) is 1. The van der Waals surface area contributed by atoms with E-state index in [1.54, 1.807) is 23.5 Å². The summed E-state index contributed by atoms with van der Waals surface area (Å²) >= 11 is 1.41. The summed E-state index contributed by atoms with van der Waals surface area (Å²) in [5.74, 6) is 0.0331. The molecule has 5 nitrogen and oxygen atoms in total. The van der Waals surface area contributed by atoms with Crippen molar-refractivity contribution in [2.24, 2.45) is 5.73 Å². The summed E-state index contributed by atoms with van der Waals surface area (Å²) in [7, 11) is 0. The van der Waals surface area contributed by atoms with Gasteiger partial charge in [0.2, 0.25) is 0 Å². The van der Waals surface area contributed by atoms with Crippen molar-refractivity contribution in [2.75, 3.05) is 13.1 Å². The minimum Gasteiger partial charge on any atom is -0.336 e. The zero-order chi connectivity index (χ0) is 13.2. The van der Waals surface area contributed by atoms with Crippen LogP contribution in [0.3, 0.4) is 0 Å². The lowest BCUT2D eigenvalue weighted by atomic mass is 10.3. The minimum atomic E-state index is 0. The van der Waals surface area contributed by atoms with E-state index in [9.17, 15) is 4.79 Å². The third-order valence-electron chi connectivity index (χ3n) is 3.16. The number of rotatable bonds is 2. The molecule has 7 heteroatoms. The number of carbonyl (C=O) groups excluding carboxylic acids is 1. The van der Waals surface area contributed by atoms with Crippen LogP contribution in [0.1, 0.15) is 16.1 Å². The average Bonchev–Trinajstić information content (AvgIpc) is 3.08. The Morgan fingerprint density at radius 1 is 1.40 bits per heavy atom. The van der Waals surface area contributed by atoms with Crippen LogP contribution in [0.2, 0.25) is 0 Å². The molecule has 1 amide bonds. The van der Waals surface area contributed by atoms with Crippen LogP contribution in [0.4, 0.5) is 0 Å². The maximum atomic E-state index is 12.3. The Morgan fingerprint density at radius 2 is 2.15 bits per heavy atom. The molecule has 106 valence electrons. The molecule has 2 N–H and O–H groups in total. The predicted molar refractivity (Wildman–Crippen MR) is 81.1 cm³/mol. The normalized spacial score (nSPS) is 17.9. The van der Waals surface area contributed by atoms with Crippen LogP contribution in [0, 0.1) is 0 Å². The number of likely N-dealkylation sites (tertiary alicyclic amines) is 1. The van der Waals surface area contributed by atoms with Crippen molar-refractivity contribution in [3.05, 3.63) is 35.6 Å². The van der Waals surface area contributed by atoms with Crippen LogP contribution < -0.4 is 5.73 Å². The molecule has 1 aliphatic rings. The number of amides is 1. The molecular weight excluding hydrogens is 296 g/mol. The van der Waals surface area contributed by atoms with Crippen molar-refractivity contribution >= 4 is 29.7 Å². The zero-order valence-electron chi connectivity index (χ0n) is 10.7. The molecular formula is C13H15ClN4OS. The van der Waals surface area contributed by atoms with Crippen molar-refractivity contribution in [1.82, 2.24) is 14.9 Å². The van der Waals surface area contributed by atoms with E-state index in [1.807, 2.05) is 12.1 Å². The second-order valence-electron chi connectivity index (χ2n) is 4.57. The fourth-order valence-electron chi connectivity index (χ4n) is 2.13. The highest BCUT2D eigenvalue weighted by atomic mass is 35.5. The van der Waals surface area contributed by atoms with E-state index in [4.69, 9.17) is 5.73 Å². The van der Waals surface area contributed by atoms with Crippen LogP contribution in [0.15, 0.2) is 30.7 Å². The molecule has 0 unspecified atom stereocenters. The second-order valence-corrected chi connectivity index (χ2v) is 5.60.